The van der Waals surface area contributed by atoms with Crippen LogP contribution in [-0.2, 0) is 9.53 Å². The first kappa shape index (κ1) is 12.8. The molecule has 0 rings (SSSR count). The van der Waals surface area contributed by atoms with Gasteiger partial charge in [-0.05, 0) is 18.6 Å². The lowest BCUT2D eigenvalue weighted by Crippen LogP contribution is -2.32. The van der Waals surface area contributed by atoms with E-state index in [1.54, 1.807) is 0 Å². The van der Waals surface area contributed by atoms with Crippen molar-refractivity contribution in [1.29, 1.82) is 0 Å². The van der Waals surface area contributed by atoms with E-state index in [0.717, 1.165) is 19.3 Å². The van der Waals surface area contributed by atoms with Gasteiger partial charge in [0.15, 0.2) is 0 Å². The van der Waals surface area contributed by atoms with Crippen LogP contribution in [0.5, 0.6) is 0 Å². The van der Waals surface area contributed by atoms with E-state index in [-0.39, 0.29) is 5.97 Å². The van der Waals surface area contributed by atoms with E-state index in [9.17, 15) is 4.79 Å². The van der Waals surface area contributed by atoms with E-state index in [1.165, 1.54) is 0 Å². The zero-order valence-corrected chi connectivity index (χ0v) is 9.06. The van der Waals surface area contributed by atoms with E-state index in [4.69, 9.17) is 10.5 Å². The van der Waals surface area contributed by atoms with Crippen LogP contribution in [0.4, 0.5) is 0 Å². The Morgan fingerprint density at radius 2 is 2.23 bits per heavy atom. The summed E-state index contributed by atoms with van der Waals surface area (Å²) in [5.41, 5.74) is 5.52. The van der Waals surface area contributed by atoms with E-state index in [1.807, 2.05) is 0 Å². The molecular weight excluding hydrogens is 186 g/mol. The predicted molar refractivity (Wildman–Crippen MR) is 56.9 cm³/mol. The van der Waals surface area contributed by atoms with Crippen molar-refractivity contribution in [3.05, 3.63) is 0 Å². The third-order valence-corrected chi connectivity index (χ3v) is 1.99. The average Bonchev–Trinajstić information content (AvgIpc) is 2.12. The summed E-state index contributed by atoms with van der Waals surface area (Å²) in [6, 6.07) is -0.501. The molecular formula is C9H19NO2S. The summed E-state index contributed by atoms with van der Waals surface area (Å²) < 4.78 is 4.96. The normalized spacial score (nSPS) is 12.5. The largest absolute Gasteiger partial charge is 0.465 e. The highest BCUT2D eigenvalue weighted by atomic mass is 32.1. The van der Waals surface area contributed by atoms with Crippen molar-refractivity contribution in [3.63, 3.8) is 0 Å². The standard InChI is InChI=1S/C9H19NO2S/c1-2-3-4-6-12-9(11)8(10)5-7-13/h8,13H,2-7,10H2,1H3/t8-/m1/s1. The zero-order valence-electron chi connectivity index (χ0n) is 8.16. The maximum atomic E-state index is 11.1. The molecule has 0 fully saturated rings. The topological polar surface area (TPSA) is 52.3 Å². The fraction of sp³-hybridized carbons (Fsp3) is 0.889. The van der Waals surface area contributed by atoms with Gasteiger partial charge in [0.25, 0.3) is 0 Å². The monoisotopic (exact) mass is 205 g/mol. The number of thiol groups is 1. The summed E-state index contributed by atoms with van der Waals surface area (Å²) in [6.45, 7) is 2.60. The minimum Gasteiger partial charge on any atom is -0.465 e. The molecule has 0 aliphatic rings. The summed E-state index contributed by atoms with van der Waals surface area (Å²) in [7, 11) is 0. The SMILES string of the molecule is CCCCCOC(=O)[C@H](N)CCS. The summed E-state index contributed by atoms with van der Waals surface area (Å²) in [5, 5.41) is 0. The van der Waals surface area contributed by atoms with Gasteiger partial charge >= 0.3 is 5.97 Å². The zero-order chi connectivity index (χ0) is 10.1. The summed E-state index contributed by atoms with van der Waals surface area (Å²) in [4.78, 5) is 11.1. The Morgan fingerprint density at radius 3 is 2.77 bits per heavy atom. The first-order valence-electron chi connectivity index (χ1n) is 4.75. The lowest BCUT2D eigenvalue weighted by atomic mass is 10.2. The Labute approximate surface area is 85.4 Å². The molecule has 0 heterocycles. The van der Waals surface area contributed by atoms with Crippen LogP contribution in [0.3, 0.4) is 0 Å². The molecule has 0 radical (unpaired) electrons. The van der Waals surface area contributed by atoms with Crippen molar-refractivity contribution in [2.75, 3.05) is 12.4 Å². The summed E-state index contributed by atoms with van der Waals surface area (Å²) >= 11 is 3.99. The average molecular weight is 205 g/mol. The van der Waals surface area contributed by atoms with Gasteiger partial charge in [-0.15, -0.1) is 0 Å². The summed E-state index contributed by atoms with van der Waals surface area (Å²) in [6.07, 6.45) is 3.72. The number of ether oxygens (including phenoxy) is 1. The maximum absolute atomic E-state index is 11.1. The molecule has 0 aliphatic carbocycles. The molecule has 0 aliphatic heterocycles. The van der Waals surface area contributed by atoms with E-state index < -0.39 is 6.04 Å². The smallest absolute Gasteiger partial charge is 0.322 e. The van der Waals surface area contributed by atoms with Crippen LogP contribution >= 0.6 is 12.6 Å². The highest BCUT2D eigenvalue weighted by Gasteiger charge is 2.12. The molecule has 2 N–H and O–H groups in total. The number of hydrogen-bond donors (Lipinski definition) is 2. The second-order valence-corrected chi connectivity index (χ2v) is 3.44. The number of carbonyl (C=O) groups excluding carboxylic acids is 1. The Kier molecular flexibility index (Phi) is 8.24. The van der Waals surface area contributed by atoms with Crippen LogP contribution in [0, 0.1) is 0 Å². The number of rotatable bonds is 7. The van der Waals surface area contributed by atoms with Gasteiger partial charge in [-0.3, -0.25) is 4.79 Å². The Morgan fingerprint density at radius 1 is 1.54 bits per heavy atom. The third kappa shape index (κ3) is 6.90. The highest BCUT2D eigenvalue weighted by Crippen LogP contribution is 1.98. The van der Waals surface area contributed by atoms with Crippen LogP contribution in [0.15, 0.2) is 0 Å². The van der Waals surface area contributed by atoms with Crippen molar-refractivity contribution in [2.45, 2.75) is 38.6 Å². The van der Waals surface area contributed by atoms with E-state index in [0.29, 0.717) is 18.8 Å². The molecule has 78 valence electrons. The molecule has 0 aromatic rings. The van der Waals surface area contributed by atoms with E-state index in [2.05, 4.69) is 19.6 Å². The molecule has 0 bridgehead atoms. The van der Waals surface area contributed by atoms with Crippen LogP contribution in [0.1, 0.15) is 32.6 Å². The molecule has 0 spiro atoms. The molecule has 0 saturated carbocycles. The number of unbranched alkanes of at least 4 members (excludes halogenated alkanes) is 2. The quantitative estimate of drug-likeness (QED) is 0.375. The second-order valence-electron chi connectivity index (χ2n) is 2.99. The van der Waals surface area contributed by atoms with Gasteiger partial charge in [0.2, 0.25) is 0 Å². The van der Waals surface area contributed by atoms with Crippen LogP contribution in [0.25, 0.3) is 0 Å². The predicted octanol–water partition coefficient (Wildman–Crippen LogP) is 1.37. The van der Waals surface area contributed by atoms with Crippen molar-refractivity contribution in [3.8, 4) is 0 Å². The van der Waals surface area contributed by atoms with Crippen molar-refractivity contribution >= 4 is 18.6 Å². The van der Waals surface area contributed by atoms with Crippen molar-refractivity contribution < 1.29 is 9.53 Å². The lowest BCUT2D eigenvalue weighted by Gasteiger charge is -2.09. The minimum atomic E-state index is -0.501. The van der Waals surface area contributed by atoms with Crippen LogP contribution in [-0.4, -0.2) is 24.4 Å². The molecule has 0 amide bonds. The van der Waals surface area contributed by atoms with Crippen molar-refractivity contribution in [1.82, 2.24) is 0 Å². The van der Waals surface area contributed by atoms with Gasteiger partial charge in [-0.2, -0.15) is 12.6 Å². The van der Waals surface area contributed by atoms with Gasteiger partial charge in [-0.25, -0.2) is 0 Å². The lowest BCUT2D eigenvalue weighted by molar-refractivity contribution is -0.145. The van der Waals surface area contributed by atoms with Crippen LogP contribution in [0.2, 0.25) is 0 Å². The molecule has 0 aromatic carbocycles. The van der Waals surface area contributed by atoms with Gasteiger partial charge in [-0.1, -0.05) is 19.8 Å². The Hall–Kier alpha value is -0.220. The molecule has 1 atom stereocenters. The number of carbonyl (C=O) groups is 1. The van der Waals surface area contributed by atoms with Crippen molar-refractivity contribution in [2.24, 2.45) is 5.73 Å². The molecule has 3 nitrogen and oxygen atoms in total. The number of esters is 1. The van der Waals surface area contributed by atoms with Gasteiger partial charge in [0.05, 0.1) is 6.61 Å². The Bertz CT molecular complexity index is 142. The second kappa shape index (κ2) is 8.38. The number of nitrogens with two attached hydrogens (primary N) is 1. The third-order valence-electron chi connectivity index (χ3n) is 1.74. The number of hydrogen-bond acceptors (Lipinski definition) is 4. The summed E-state index contributed by atoms with van der Waals surface area (Å²) in [5.74, 6) is 0.316. The first-order chi connectivity index (χ1) is 6.22. The molecule has 0 unspecified atom stereocenters. The van der Waals surface area contributed by atoms with Gasteiger partial charge in [0, 0.05) is 0 Å². The Balaban J connectivity index is 3.38. The highest BCUT2D eigenvalue weighted by molar-refractivity contribution is 7.80. The van der Waals surface area contributed by atoms with Gasteiger partial charge < -0.3 is 10.5 Å². The molecule has 0 aromatic heterocycles. The molecule has 4 heteroatoms. The minimum absolute atomic E-state index is 0.301. The molecule has 13 heavy (non-hydrogen) atoms. The molecule has 0 saturated heterocycles. The first-order valence-corrected chi connectivity index (χ1v) is 5.38. The fourth-order valence-electron chi connectivity index (χ4n) is 0.889. The van der Waals surface area contributed by atoms with Gasteiger partial charge in [0.1, 0.15) is 6.04 Å². The fourth-order valence-corrected chi connectivity index (χ4v) is 1.17. The van der Waals surface area contributed by atoms with Crippen LogP contribution < -0.4 is 5.73 Å². The maximum Gasteiger partial charge on any atom is 0.322 e. The van der Waals surface area contributed by atoms with E-state index >= 15 is 0 Å².